The Balaban J connectivity index is 1.70. The maximum absolute atomic E-state index is 12.3. The van der Waals surface area contributed by atoms with Gasteiger partial charge in [0.25, 0.3) is 5.91 Å². The van der Waals surface area contributed by atoms with Gasteiger partial charge in [-0.05, 0) is 18.2 Å². The van der Waals surface area contributed by atoms with Crippen LogP contribution in [0, 0.1) is 0 Å². The molecule has 0 bridgehead atoms. The van der Waals surface area contributed by atoms with E-state index in [1.54, 1.807) is 30.5 Å². The van der Waals surface area contributed by atoms with Gasteiger partial charge in [-0.1, -0.05) is 18.2 Å². The molecule has 1 aromatic carbocycles. The molecule has 0 radical (unpaired) electrons. The molecule has 2 aromatic rings. The number of anilines is 1. The number of amides is 2. The van der Waals surface area contributed by atoms with Crippen LogP contribution in [-0.4, -0.2) is 28.1 Å². The quantitative estimate of drug-likeness (QED) is 0.807. The van der Waals surface area contributed by atoms with Crippen molar-refractivity contribution in [3.63, 3.8) is 0 Å². The first-order valence-electron chi connectivity index (χ1n) is 6.39. The van der Waals surface area contributed by atoms with Gasteiger partial charge in [0, 0.05) is 18.4 Å². The van der Waals surface area contributed by atoms with Crippen LogP contribution in [0.5, 0.6) is 0 Å². The largest absolute Gasteiger partial charge is 0.300 e. The van der Waals surface area contributed by atoms with Crippen LogP contribution in [0.25, 0.3) is 0 Å². The Morgan fingerprint density at radius 1 is 1.25 bits per heavy atom. The summed E-state index contributed by atoms with van der Waals surface area (Å²) in [4.78, 5) is 25.5. The highest BCUT2D eigenvalue weighted by Crippen LogP contribution is 2.22. The van der Waals surface area contributed by atoms with Crippen LogP contribution in [-0.2, 0) is 16.1 Å². The Kier molecular flexibility index (Phi) is 3.30. The summed E-state index contributed by atoms with van der Waals surface area (Å²) in [5.41, 5.74) is 1.50. The van der Waals surface area contributed by atoms with Crippen molar-refractivity contribution >= 4 is 17.5 Å². The van der Waals surface area contributed by atoms with Crippen LogP contribution in [0.4, 0.5) is 5.69 Å². The lowest BCUT2D eigenvalue weighted by Crippen LogP contribution is -2.38. The number of nitrogens with one attached hydrogen (secondary N) is 2. The predicted molar refractivity (Wildman–Crippen MR) is 72.8 cm³/mol. The van der Waals surface area contributed by atoms with Crippen molar-refractivity contribution < 1.29 is 9.59 Å². The zero-order valence-electron chi connectivity index (χ0n) is 10.7. The molecule has 6 nitrogen and oxygen atoms in total. The van der Waals surface area contributed by atoms with Crippen molar-refractivity contribution in [1.82, 2.24) is 15.5 Å². The topological polar surface area (TPSA) is 78.1 Å². The molecule has 1 aliphatic heterocycles. The molecule has 1 aromatic heterocycles. The van der Waals surface area contributed by atoms with Crippen molar-refractivity contribution in [2.24, 2.45) is 0 Å². The number of benzene rings is 1. The average molecular weight is 270 g/mol. The normalized spacial score (nSPS) is 18.8. The Morgan fingerprint density at radius 2 is 2.05 bits per heavy atom. The third kappa shape index (κ3) is 2.33. The molecule has 1 fully saturated rings. The highest BCUT2D eigenvalue weighted by Gasteiger charge is 2.39. The van der Waals surface area contributed by atoms with Crippen LogP contribution < -0.4 is 10.2 Å². The van der Waals surface area contributed by atoms with E-state index < -0.39 is 6.04 Å². The molecule has 1 unspecified atom stereocenters. The number of H-pyrrole nitrogens is 1. The molecule has 3 rings (SSSR count). The fourth-order valence-electron chi connectivity index (χ4n) is 2.26. The van der Waals surface area contributed by atoms with Gasteiger partial charge < -0.3 is 0 Å². The summed E-state index contributed by atoms with van der Waals surface area (Å²) in [6.07, 6.45) is 1.83. The van der Waals surface area contributed by atoms with Crippen LogP contribution in [0.15, 0.2) is 42.6 Å². The zero-order valence-corrected chi connectivity index (χ0v) is 10.7. The lowest BCUT2D eigenvalue weighted by Gasteiger charge is -2.15. The van der Waals surface area contributed by atoms with E-state index in [9.17, 15) is 9.59 Å². The van der Waals surface area contributed by atoms with E-state index in [0.717, 1.165) is 5.69 Å². The van der Waals surface area contributed by atoms with Crippen LogP contribution >= 0.6 is 0 Å². The molecule has 1 atom stereocenters. The van der Waals surface area contributed by atoms with Crippen molar-refractivity contribution in [2.75, 3.05) is 4.90 Å². The predicted octanol–water partition coefficient (Wildman–Crippen LogP) is 0.831. The first-order valence-corrected chi connectivity index (χ1v) is 6.39. The van der Waals surface area contributed by atoms with E-state index in [1.807, 2.05) is 12.1 Å². The monoisotopic (exact) mass is 270 g/mol. The standard InChI is InChI=1S/C14H14N4O2/c19-13-8-12(15-9-10-6-7-16-17-10)14(20)18(13)11-4-2-1-3-5-11/h1-7,12,15H,8-9H2,(H,16,17). The number of aromatic amines is 1. The molecule has 6 heteroatoms. The molecule has 2 N–H and O–H groups in total. The fraction of sp³-hybridized carbons (Fsp3) is 0.214. The Hall–Kier alpha value is -2.47. The lowest BCUT2D eigenvalue weighted by molar-refractivity contribution is -0.121. The van der Waals surface area contributed by atoms with E-state index in [-0.39, 0.29) is 18.2 Å². The van der Waals surface area contributed by atoms with Crippen LogP contribution in [0.2, 0.25) is 0 Å². The summed E-state index contributed by atoms with van der Waals surface area (Å²) in [5.74, 6) is -0.385. The number of aromatic nitrogens is 2. The molecule has 1 saturated heterocycles. The smallest absolute Gasteiger partial charge is 0.251 e. The Morgan fingerprint density at radius 3 is 2.75 bits per heavy atom. The second-order valence-corrected chi connectivity index (χ2v) is 4.62. The molecule has 0 saturated carbocycles. The first-order chi connectivity index (χ1) is 9.75. The minimum absolute atomic E-state index is 0.177. The zero-order chi connectivity index (χ0) is 13.9. The van der Waals surface area contributed by atoms with E-state index in [1.165, 1.54) is 4.90 Å². The second kappa shape index (κ2) is 5.26. The minimum Gasteiger partial charge on any atom is -0.300 e. The number of carbonyl (C=O) groups excluding carboxylic acids is 2. The number of nitrogens with zero attached hydrogens (tertiary/aromatic N) is 2. The highest BCUT2D eigenvalue weighted by atomic mass is 16.2. The van der Waals surface area contributed by atoms with Crippen molar-refractivity contribution in [3.05, 3.63) is 48.3 Å². The molecular weight excluding hydrogens is 256 g/mol. The van der Waals surface area contributed by atoms with Crippen molar-refractivity contribution in [3.8, 4) is 0 Å². The van der Waals surface area contributed by atoms with Gasteiger partial charge in [-0.25, -0.2) is 4.90 Å². The van der Waals surface area contributed by atoms with Crippen molar-refractivity contribution in [2.45, 2.75) is 19.0 Å². The van der Waals surface area contributed by atoms with Gasteiger partial charge in [-0.15, -0.1) is 0 Å². The highest BCUT2D eigenvalue weighted by molar-refractivity contribution is 6.22. The third-order valence-corrected chi connectivity index (χ3v) is 3.26. The van der Waals surface area contributed by atoms with Gasteiger partial charge in [0.05, 0.1) is 18.2 Å². The van der Waals surface area contributed by atoms with Gasteiger partial charge >= 0.3 is 0 Å². The lowest BCUT2D eigenvalue weighted by atomic mass is 10.2. The SMILES string of the molecule is O=C1CC(NCc2ccn[nH]2)C(=O)N1c1ccccc1. The van der Waals surface area contributed by atoms with E-state index in [2.05, 4.69) is 15.5 Å². The third-order valence-electron chi connectivity index (χ3n) is 3.26. The molecule has 1 aliphatic rings. The molecular formula is C14H14N4O2. The second-order valence-electron chi connectivity index (χ2n) is 4.62. The van der Waals surface area contributed by atoms with E-state index >= 15 is 0 Å². The summed E-state index contributed by atoms with van der Waals surface area (Å²) < 4.78 is 0. The Labute approximate surface area is 115 Å². The average Bonchev–Trinajstić information content (AvgIpc) is 3.06. The van der Waals surface area contributed by atoms with Gasteiger partial charge in [0.1, 0.15) is 0 Å². The van der Waals surface area contributed by atoms with Gasteiger partial charge in [0.2, 0.25) is 5.91 Å². The number of imide groups is 1. The number of hydrogen-bond acceptors (Lipinski definition) is 4. The summed E-state index contributed by atoms with van der Waals surface area (Å²) in [6.45, 7) is 0.478. The minimum atomic E-state index is -0.481. The molecule has 2 heterocycles. The summed E-state index contributed by atoms with van der Waals surface area (Å²) in [7, 11) is 0. The Bertz CT molecular complexity index is 609. The molecule has 102 valence electrons. The van der Waals surface area contributed by atoms with Crippen molar-refractivity contribution in [1.29, 1.82) is 0 Å². The molecule has 0 aliphatic carbocycles. The van der Waals surface area contributed by atoms with Gasteiger partial charge in [0.15, 0.2) is 0 Å². The number of rotatable bonds is 4. The maximum Gasteiger partial charge on any atom is 0.251 e. The summed E-state index contributed by atoms with van der Waals surface area (Å²) in [6, 6.07) is 10.3. The number of para-hydroxylation sites is 1. The van der Waals surface area contributed by atoms with Gasteiger partial charge in [-0.2, -0.15) is 5.10 Å². The first kappa shape index (κ1) is 12.6. The molecule has 2 amide bonds. The summed E-state index contributed by atoms with van der Waals surface area (Å²) >= 11 is 0. The summed E-state index contributed by atoms with van der Waals surface area (Å²) in [5, 5.41) is 9.72. The number of carbonyl (C=O) groups is 2. The van der Waals surface area contributed by atoms with Crippen LogP contribution in [0.1, 0.15) is 12.1 Å². The maximum atomic E-state index is 12.3. The molecule has 0 spiro atoms. The van der Waals surface area contributed by atoms with E-state index in [4.69, 9.17) is 0 Å². The van der Waals surface area contributed by atoms with E-state index in [0.29, 0.717) is 12.2 Å². The van der Waals surface area contributed by atoms with Gasteiger partial charge in [-0.3, -0.25) is 20.0 Å². The van der Waals surface area contributed by atoms with Crippen LogP contribution in [0.3, 0.4) is 0 Å². The fourth-order valence-corrected chi connectivity index (χ4v) is 2.26. The molecule has 20 heavy (non-hydrogen) atoms. The number of hydrogen-bond donors (Lipinski definition) is 2.